The highest BCUT2D eigenvalue weighted by Gasteiger charge is 2.35. The molecule has 1 aliphatic rings. The van der Waals surface area contributed by atoms with E-state index < -0.39 is 6.04 Å². The van der Waals surface area contributed by atoms with Crippen molar-refractivity contribution in [1.82, 2.24) is 10.2 Å². The molecule has 1 heterocycles. The second-order valence-electron chi connectivity index (χ2n) is 7.60. The van der Waals surface area contributed by atoms with Gasteiger partial charge in [-0.1, -0.05) is 54.1 Å². The van der Waals surface area contributed by atoms with Crippen molar-refractivity contribution < 1.29 is 14.7 Å². The molecule has 6 heteroatoms. The highest BCUT2D eigenvalue weighted by molar-refractivity contribution is 6.30. The predicted molar refractivity (Wildman–Crippen MR) is 121 cm³/mol. The van der Waals surface area contributed by atoms with Crippen molar-refractivity contribution in [2.75, 3.05) is 6.54 Å². The Morgan fingerprint density at radius 1 is 1.03 bits per heavy atom. The first-order valence-corrected chi connectivity index (χ1v) is 10.6. The third kappa shape index (κ3) is 4.72. The minimum atomic E-state index is -0.503. The van der Waals surface area contributed by atoms with Gasteiger partial charge in [-0.2, -0.15) is 0 Å². The Hall–Kier alpha value is -3.31. The van der Waals surface area contributed by atoms with Crippen LogP contribution in [0.2, 0.25) is 5.02 Å². The molecule has 3 aromatic carbocycles. The summed E-state index contributed by atoms with van der Waals surface area (Å²) in [6.07, 6.45) is 1.41. The van der Waals surface area contributed by atoms with Crippen molar-refractivity contribution in [2.45, 2.75) is 25.4 Å². The van der Waals surface area contributed by atoms with Crippen LogP contribution in [0.5, 0.6) is 5.75 Å². The molecule has 158 valence electrons. The Kier molecular flexibility index (Phi) is 6.23. The number of rotatable bonds is 5. The van der Waals surface area contributed by atoms with Crippen molar-refractivity contribution in [3.8, 4) is 16.9 Å². The number of phenols is 1. The zero-order chi connectivity index (χ0) is 21.8. The number of hydrogen-bond acceptors (Lipinski definition) is 3. The first-order valence-electron chi connectivity index (χ1n) is 10.2. The second-order valence-corrected chi connectivity index (χ2v) is 8.03. The van der Waals surface area contributed by atoms with Crippen LogP contribution in [0.3, 0.4) is 0 Å². The highest BCUT2D eigenvalue weighted by atomic mass is 35.5. The largest absolute Gasteiger partial charge is 0.508 e. The Bertz CT molecular complexity index is 1100. The smallest absolute Gasteiger partial charge is 0.255 e. The zero-order valence-corrected chi connectivity index (χ0v) is 17.7. The second kappa shape index (κ2) is 9.23. The minimum absolute atomic E-state index is 0.139. The fourth-order valence-electron chi connectivity index (χ4n) is 3.94. The third-order valence-electron chi connectivity index (χ3n) is 5.51. The van der Waals surface area contributed by atoms with E-state index in [1.165, 1.54) is 0 Å². The minimum Gasteiger partial charge on any atom is -0.508 e. The maximum atomic E-state index is 13.4. The lowest BCUT2D eigenvalue weighted by Crippen LogP contribution is -2.45. The number of carbonyl (C=O) groups excluding carboxylic acids is 2. The standard InChI is InChI=1S/C25H23ClN2O3/c26-19-12-10-17(11-13-19)16-27-24(30)23-9-4-14-28(23)25(31)22-8-2-1-7-21(22)18-5-3-6-20(29)15-18/h1-3,5-8,10-13,15,23,29H,4,9,14,16H2,(H,27,30). The SMILES string of the molecule is O=C(NCc1ccc(Cl)cc1)C1CCCN1C(=O)c1ccccc1-c1cccc(O)c1. The molecule has 2 amide bonds. The van der Waals surface area contributed by atoms with Gasteiger partial charge in [0.15, 0.2) is 0 Å². The summed E-state index contributed by atoms with van der Waals surface area (Å²) in [5, 5.41) is 13.4. The van der Waals surface area contributed by atoms with E-state index in [1.807, 2.05) is 36.4 Å². The summed E-state index contributed by atoms with van der Waals surface area (Å²) in [5.41, 5.74) is 2.95. The van der Waals surface area contributed by atoms with Crippen molar-refractivity contribution in [2.24, 2.45) is 0 Å². The quantitative estimate of drug-likeness (QED) is 0.615. The van der Waals surface area contributed by atoms with E-state index in [1.54, 1.807) is 41.3 Å². The molecule has 0 aliphatic carbocycles. The lowest BCUT2D eigenvalue weighted by Gasteiger charge is -2.25. The molecule has 0 aromatic heterocycles. The van der Waals surface area contributed by atoms with Gasteiger partial charge in [0.1, 0.15) is 11.8 Å². The maximum absolute atomic E-state index is 13.4. The number of nitrogens with one attached hydrogen (secondary N) is 1. The van der Waals surface area contributed by atoms with E-state index >= 15 is 0 Å². The molecule has 0 radical (unpaired) electrons. The van der Waals surface area contributed by atoms with E-state index in [9.17, 15) is 14.7 Å². The molecule has 0 spiro atoms. The lowest BCUT2D eigenvalue weighted by atomic mass is 9.98. The Morgan fingerprint density at radius 3 is 2.58 bits per heavy atom. The summed E-state index contributed by atoms with van der Waals surface area (Å²) in [5.74, 6) is -0.195. The highest BCUT2D eigenvalue weighted by Crippen LogP contribution is 2.29. The molecule has 0 bridgehead atoms. The fourth-order valence-corrected chi connectivity index (χ4v) is 4.07. The number of likely N-dealkylation sites (tertiary alicyclic amines) is 1. The van der Waals surface area contributed by atoms with Gasteiger partial charge in [-0.15, -0.1) is 0 Å². The molecular formula is C25H23ClN2O3. The van der Waals surface area contributed by atoms with Crippen LogP contribution in [-0.4, -0.2) is 34.4 Å². The van der Waals surface area contributed by atoms with Gasteiger partial charge in [-0.3, -0.25) is 9.59 Å². The van der Waals surface area contributed by atoms with Crippen LogP contribution >= 0.6 is 11.6 Å². The van der Waals surface area contributed by atoms with Gasteiger partial charge >= 0.3 is 0 Å². The van der Waals surface area contributed by atoms with E-state index in [0.717, 1.165) is 23.1 Å². The molecule has 1 saturated heterocycles. The number of halogens is 1. The molecule has 0 saturated carbocycles. The Labute approximate surface area is 186 Å². The number of nitrogens with zero attached hydrogens (tertiary/aromatic N) is 1. The van der Waals surface area contributed by atoms with Crippen molar-refractivity contribution in [1.29, 1.82) is 0 Å². The lowest BCUT2D eigenvalue weighted by molar-refractivity contribution is -0.125. The molecule has 4 rings (SSSR count). The van der Waals surface area contributed by atoms with E-state index in [0.29, 0.717) is 30.1 Å². The molecular weight excluding hydrogens is 412 g/mol. The number of benzene rings is 3. The van der Waals surface area contributed by atoms with Gasteiger partial charge < -0.3 is 15.3 Å². The average molecular weight is 435 g/mol. The molecule has 5 nitrogen and oxygen atoms in total. The van der Waals surface area contributed by atoms with Gasteiger partial charge in [-0.05, 0) is 59.9 Å². The van der Waals surface area contributed by atoms with Crippen LogP contribution < -0.4 is 5.32 Å². The molecule has 1 fully saturated rings. The predicted octanol–water partition coefficient (Wildman–Crippen LogP) is 4.63. The van der Waals surface area contributed by atoms with Crippen LogP contribution in [0.4, 0.5) is 0 Å². The molecule has 3 aromatic rings. The molecule has 1 aliphatic heterocycles. The van der Waals surface area contributed by atoms with Crippen molar-refractivity contribution in [3.05, 3.63) is 88.9 Å². The number of phenolic OH excluding ortho intramolecular Hbond substituents is 1. The average Bonchev–Trinajstić information content (AvgIpc) is 3.28. The first-order chi connectivity index (χ1) is 15.0. The van der Waals surface area contributed by atoms with E-state index in [2.05, 4.69) is 5.32 Å². The molecule has 1 unspecified atom stereocenters. The number of amides is 2. The van der Waals surface area contributed by atoms with Crippen LogP contribution in [0.15, 0.2) is 72.8 Å². The van der Waals surface area contributed by atoms with Gasteiger partial charge in [0, 0.05) is 23.7 Å². The summed E-state index contributed by atoms with van der Waals surface area (Å²) < 4.78 is 0. The Morgan fingerprint density at radius 2 is 1.81 bits per heavy atom. The van der Waals surface area contributed by atoms with Crippen molar-refractivity contribution >= 4 is 23.4 Å². The van der Waals surface area contributed by atoms with Crippen LogP contribution in [0.1, 0.15) is 28.8 Å². The van der Waals surface area contributed by atoms with E-state index in [4.69, 9.17) is 11.6 Å². The normalized spacial score (nSPS) is 15.6. The monoisotopic (exact) mass is 434 g/mol. The summed E-state index contributed by atoms with van der Waals surface area (Å²) in [6.45, 7) is 0.917. The van der Waals surface area contributed by atoms with Crippen LogP contribution in [0, 0.1) is 0 Å². The van der Waals surface area contributed by atoms with Crippen molar-refractivity contribution in [3.63, 3.8) is 0 Å². The summed E-state index contributed by atoms with van der Waals surface area (Å²) in [6, 6.07) is 20.9. The third-order valence-corrected chi connectivity index (χ3v) is 5.76. The van der Waals surface area contributed by atoms with Crippen LogP contribution in [0.25, 0.3) is 11.1 Å². The summed E-state index contributed by atoms with van der Waals surface area (Å²) >= 11 is 5.91. The van der Waals surface area contributed by atoms with Gasteiger partial charge in [0.05, 0.1) is 0 Å². The topological polar surface area (TPSA) is 69.6 Å². The van der Waals surface area contributed by atoms with Gasteiger partial charge in [-0.25, -0.2) is 0 Å². The van der Waals surface area contributed by atoms with E-state index in [-0.39, 0.29) is 17.6 Å². The van der Waals surface area contributed by atoms with Gasteiger partial charge in [0.2, 0.25) is 5.91 Å². The number of carbonyl (C=O) groups is 2. The summed E-state index contributed by atoms with van der Waals surface area (Å²) in [7, 11) is 0. The zero-order valence-electron chi connectivity index (χ0n) is 16.9. The first kappa shape index (κ1) is 20.9. The maximum Gasteiger partial charge on any atom is 0.255 e. The fraction of sp³-hybridized carbons (Fsp3) is 0.200. The summed E-state index contributed by atoms with van der Waals surface area (Å²) in [4.78, 5) is 27.9. The van der Waals surface area contributed by atoms with Crippen LogP contribution in [-0.2, 0) is 11.3 Å². The van der Waals surface area contributed by atoms with Gasteiger partial charge in [0.25, 0.3) is 5.91 Å². The number of hydrogen-bond donors (Lipinski definition) is 2. The molecule has 2 N–H and O–H groups in total. The molecule has 1 atom stereocenters. The molecule has 31 heavy (non-hydrogen) atoms. The Balaban J connectivity index is 1.52. The number of aromatic hydroxyl groups is 1.